The summed E-state index contributed by atoms with van der Waals surface area (Å²) in [5.41, 5.74) is 1.59. The Morgan fingerprint density at radius 2 is 1.95 bits per heavy atom. The number of carbonyl (C=O) groups excluding carboxylic acids is 1. The molecule has 4 heteroatoms. The molecule has 19 heavy (non-hydrogen) atoms. The van der Waals surface area contributed by atoms with Gasteiger partial charge < -0.3 is 15.7 Å². The fourth-order valence-electron chi connectivity index (χ4n) is 2.47. The molecule has 2 amide bonds. The van der Waals surface area contributed by atoms with E-state index < -0.39 is 6.10 Å². The number of amides is 2. The molecule has 0 spiro atoms. The van der Waals surface area contributed by atoms with Crippen LogP contribution in [-0.2, 0) is 0 Å². The maximum Gasteiger partial charge on any atom is 0.319 e. The lowest BCUT2D eigenvalue weighted by Gasteiger charge is -2.12. The van der Waals surface area contributed by atoms with Crippen LogP contribution in [0.15, 0.2) is 24.3 Å². The average molecular weight is 262 g/mol. The lowest BCUT2D eigenvalue weighted by Crippen LogP contribution is -2.32. The van der Waals surface area contributed by atoms with Crippen LogP contribution in [0.1, 0.15) is 44.3 Å². The second-order valence-electron chi connectivity index (χ2n) is 5.28. The third-order valence-electron chi connectivity index (χ3n) is 3.68. The molecule has 1 aliphatic carbocycles. The second-order valence-corrected chi connectivity index (χ2v) is 5.28. The zero-order valence-electron chi connectivity index (χ0n) is 11.4. The molecule has 4 nitrogen and oxygen atoms in total. The Morgan fingerprint density at radius 1 is 1.32 bits per heavy atom. The van der Waals surface area contributed by atoms with E-state index in [0.717, 1.165) is 17.8 Å². The largest absolute Gasteiger partial charge is 0.389 e. The molecule has 1 unspecified atom stereocenters. The molecule has 0 radical (unpaired) electrons. The molecule has 2 rings (SSSR count). The molecule has 1 fully saturated rings. The normalized spacial score (nSPS) is 17.2. The Labute approximate surface area is 114 Å². The van der Waals surface area contributed by atoms with Gasteiger partial charge in [-0.05, 0) is 43.4 Å². The van der Waals surface area contributed by atoms with Gasteiger partial charge >= 0.3 is 6.03 Å². The first kappa shape index (κ1) is 13.9. The SMILES string of the molecule is CC(O)c1ccc(NC(=O)NCC2CCCC2)cc1. The maximum absolute atomic E-state index is 11.7. The van der Waals surface area contributed by atoms with E-state index in [-0.39, 0.29) is 6.03 Å². The standard InChI is InChI=1S/C15H22N2O2/c1-11(18)13-6-8-14(9-7-13)17-15(19)16-10-12-4-2-3-5-12/h6-9,11-12,18H,2-5,10H2,1H3,(H2,16,17,19). The van der Waals surface area contributed by atoms with Crippen molar-refractivity contribution in [3.05, 3.63) is 29.8 Å². The Kier molecular flexibility index (Phi) is 4.80. The molecule has 0 heterocycles. The van der Waals surface area contributed by atoms with Gasteiger partial charge in [0.1, 0.15) is 0 Å². The maximum atomic E-state index is 11.7. The zero-order chi connectivity index (χ0) is 13.7. The van der Waals surface area contributed by atoms with E-state index in [9.17, 15) is 9.90 Å². The summed E-state index contributed by atoms with van der Waals surface area (Å²) in [6.07, 6.45) is 4.54. The van der Waals surface area contributed by atoms with E-state index in [1.807, 2.05) is 12.1 Å². The van der Waals surface area contributed by atoms with Gasteiger partial charge in [-0.3, -0.25) is 0 Å². The van der Waals surface area contributed by atoms with E-state index in [1.165, 1.54) is 25.7 Å². The van der Waals surface area contributed by atoms with Gasteiger partial charge in [-0.25, -0.2) is 4.79 Å². The number of urea groups is 1. The van der Waals surface area contributed by atoms with Crippen LogP contribution in [0.3, 0.4) is 0 Å². The summed E-state index contributed by atoms with van der Waals surface area (Å²) in [6, 6.07) is 7.08. The topological polar surface area (TPSA) is 61.4 Å². The molecule has 3 N–H and O–H groups in total. The molecule has 1 aromatic carbocycles. The smallest absolute Gasteiger partial charge is 0.319 e. The highest BCUT2D eigenvalue weighted by Gasteiger charge is 2.15. The van der Waals surface area contributed by atoms with Crippen LogP contribution in [0.2, 0.25) is 0 Å². The zero-order valence-corrected chi connectivity index (χ0v) is 11.4. The number of aliphatic hydroxyl groups excluding tert-OH is 1. The van der Waals surface area contributed by atoms with Crippen molar-refractivity contribution < 1.29 is 9.90 Å². The van der Waals surface area contributed by atoms with E-state index in [1.54, 1.807) is 19.1 Å². The van der Waals surface area contributed by atoms with Crippen molar-refractivity contribution in [1.29, 1.82) is 0 Å². The van der Waals surface area contributed by atoms with Crippen LogP contribution in [0.4, 0.5) is 10.5 Å². The van der Waals surface area contributed by atoms with Gasteiger partial charge in [0.15, 0.2) is 0 Å². The number of aliphatic hydroxyl groups is 1. The third-order valence-corrected chi connectivity index (χ3v) is 3.68. The first-order chi connectivity index (χ1) is 9.15. The number of hydrogen-bond acceptors (Lipinski definition) is 2. The van der Waals surface area contributed by atoms with Crippen molar-refractivity contribution in [1.82, 2.24) is 5.32 Å². The van der Waals surface area contributed by atoms with Gasteiger partial charge in [0, 0.05) is 12.2 Å². The third kappa shape index (κ3) is 4.24. The fraction of sp³-hybridized carbons (Fsp3) is 0.533. The fourth-order valence-corrected chi connectivity index (χ4v) is 2.47. The summed E-state index contributed by atoms with van der Waals surface area (Å²) < 4.78 is 0. The Hall–Kier alpha value is -1.55. The van der Waals surface area contributed by atoms with E-state index in [0.29, 0.717) is 5.92 Å². The van der Waals surface area contributed by atoms with Gasteiger partial charge in [0.05, 0.1) is 6.10 Å². The first-order valence-corrected chi connectivity index (χ1v) is 6.98. The highest BCUT2D eigenvalue weighted by atomic mass is 16.3. The monoisotopic (exact) mass is 262 g/mol. The molecule has 1 atom stereocenters. The number of benzene rings is 1. The molecule has 104 valence electrons. The summed E-state index contributed by atoms with van der Waals surface area (Å²) in [5, 5.41) is 15.1. The molecule has 0 bridgehead atoms. The van der Waals surface area contributed by atoms with E-state index >= 15 is 0 Å². The predicted molar refractivity (Wildman–Crippen MR) is 76.1 cm³/mol. The molecule has 1 saturated carbocycles. The van der Waals surface area contributed by atoms with Crippen LogP contribution >= 0.6 is 0 Å². The number of nitrogens with one attached hydrogen (secondary N) is 2. The van der Waals surface area contributed by atoms with Crippen molar-refractivity contribution in [2.45, 2.75) is 38.7 Å². The molecule has 0 saturated heterocycles. The van der Waals surface area contributed by atoms with Crippen LogP contribution in [0.25, 0.3) is 0 Å². The van der Waals surface area contributed by atoms with Crippen molar-refractivity contribution >= 4 is 11.7 Å². The molecule has 1 aromatic rings. The van der Waals surface area contributed by atoms with E-state index in [2.05, 4.69) is 10.6 Å². The van der Waals surface area contributed by atoms with Gasteiger partial charge in [-0.1, -0.05) is 25.0 Å². The predicted octanol–water partition coefficient (Wildman–Crippen LogP) is 3.05. The van der Waals surface area contributed by atoms with Crippen molar-refractivity contribution in [2.75, 3.05) is 11.9 Å². The molecular weight excluding hydrogens is 240 g/mol. The number of carbonyl (C=O) groups is 1. The van der Waals surface area contributed by atoms with Gasteiger partial charge in [-0.2, -0.15) is 0 Å². The number of rotatable bonds is 4. The van der Waals surface area contributed by atoms with Gasteiger partial charge in [0.2, 0.25) is 0 Å². The highest BCUT2D eigenvalue weighted by molar-refractivity contribution is 5.89. The quantitative estimate of drug-likeness (QED) is 0.781. The summed E-state index contributed by atoms with van der Waals surface area (Å²) in [4.78, 5) is 11.7. The molecule has 0 aliphatic heterocycles. The summed E-state index contributed by atoms with van der Waals surface area (Å²) >= 11 is 0. The lowest BCUT2D eigenvalue weighted by atomic mass is 10.1. The van der Waals surface area contributed by atoms with Gasteiger partial charge in [-0.15, -0.1) is 0 Å². The Bertz CT molecular complexity index is 409. The minimum atomic E-state index is -0.481. The highest BCUT2D eigenvalue weighted by Crippen LogP contribution is 2.23. The summed E-state index contributed by atoms with van der Waals surface area (Å²) in [5.74, 6) is 0.642. The van der Waals surface area contributed by atoms with Crippen LogP contribution in [0.5, 0.6) is 0 Å². The minimum absolute atomic E-state index is 0.156. The van der Waals surface area contributed by atoms with Gasteiger partial charge in [0.25, 0.3) is 0 Å². The molecular formula is C15H22N2O2. The minimum Gasteiger partial charge on any atom is -0.389 e. The Balaban J connectivity index is 1.77. The van der Waals surface area contributed by atoms with Crippen molar-refractivity contribution in [3.8, 4) is 0 Å². The van der Waals surface area contributed by atoms with Crippen LogP contribution < -0.4 is 10.6 Å². The lowest BCUT2D eigenvalue weighted by molar-refractivity contribution is 0.199. The van der Waals surface area contributed by atoms with Crippen molar-refractivity contribution in [2.24, 2.45) is 5.92 Å². The summed E-state index contributed by atoms with van der Waals surface area (Å²) in [7, 11) is 0. The van der Waals surface area contributed by atoms with Crippen LogP contribution in [-0.4, -0.2) is 17.7 Å². The second kappa shape index (κ2) is 6.57. The molecule has 1 aliphatic rings. The average Bonchev–Trinajstić information content (AvgIpc) is 2.90. The molecule has 0 aromatic heterocycles. The number of anilines is 1. The van der Waals surface area contributed by atoms with Crippen LogP contribution in [0, 0.1) is 5.92 Å². The van der Waals surface area contributed by atoms with Crippen molar-refractivity contribution in [3.63, 3.8) is 0 Å². The van der Waals surface area contributed by atoms with E-state index in [4.69, 9.17) is 0 Å². The Morgan fingerprint density at radius 3 is 2.53 bits per heavy atom. The first-order valence-electron chi connectivity index (χ1n) is 6.98. The number of hydrogen-bond donors (Lipinski definition) is 3. The summed E-state index contributed by atoms with van der Waals surface area (Å²) in [6.45, 7) is 2.48.